The minimum atomic E-state index is -0.531. The average Bonchev–Trinajstić information content (AvgIpc) is 3.16. The van der Waals surface area contributed by atoms with E-state index in [0.29, 0.717) is 38.0 Å². The number of morpholine rings is 1. The zero-order chi connectivity index (χ0) is 18.1. The van der Waals surface area contributed by atoms with Gasteiger partial charge in [0.15, 0.2) is 0 Å². The van der Waals surface area contributed by atoms with Crippen LogP contribution in [0.15, 0.2) is 17.5 Å². The van der Waals surface area contributed by atoms with Gasteiger partial charge in [-0.1, -0.05) is 12.5 Å². The largest absolute Gasteiger partial charge is 0.387 e. The Morgan fingerprint density at radius 3 is 2.78 bits per heavy atom. The zero-order valence-electron chi connectivity index (χ0n) is 15.7. The lowest BCUT2D eigenvalue weighted by Crippen LogP contribution is -2.54. The molecule has 0 aromatic carbocycles. The molecular formula is C20H31ClN2O3S. The Hall–Kier alpha value is -0.660. The quantitative estimate of drug-likeness (QED) is 0.794. The number of rotatable bonds is 4. The summed E-state index contributed by atoms with van der Waals surface area (Å²) in [5.41, 5.74) is 6.40. The minimum absolute atomic E-state index is 0. The summed E-state index contributed by atoms with van der Waals surface area (Å²) in [6.45, 7) is 1.75. The Balaban J connectivity index is 0.00000210. The van der Waals surface area contributed by atoms with Crippen LogP contribution in [-0.4, -0.2) is 47.8 Å². The number of hydrogen-bond donors (Lipinski definition) is 2. The molecule has 0 radical (unpaired) electrons. The standard InChI is InChI=1S/C20H30N2O3S.ClH/c21-19-13-3-1-4-14(19)10-15(9-13)20(24)22-6-7-25-12-16(22)11-17(23)18-5-2-8-26-18;/h2,5,8,13-17,19,23H,1,3-4,6-7,9-12,21H2;1H. The maximum Gasteiger partial charge on any atom is 0.226 e. The second-order valence-corrected chi connectivity index (χ2v) is 9.20. The molecule has 0 spiro atoms. The Labute approximate surface area is 171 Å². The summed E-state index contributed by atoms with van der Waals surface area (Å²) in [7, 11) is 0. The van der Waals surface area contributed by atoms with E-state index in [9.17, 15) is 9.90 Å². The van der Waals surface area contributed by atoms with E-state index in [0.717, 1.165) is 17.7 Å². The number of nitrogens with zero attached hydrogens (tertiary/aromatic N) is 1. The van der Waals surface area contributed by atoms with Crippen LogP contribution >= 0.6 is 23.7 Å². The summed E-state index contributed by atoms with van der Waals surface area (Å²) in [5, 5.41) is 12.5. The van der Waals surface area contributed by atoms with E-state index in [4.69, 9.17) is 10.5 Å². The molecule has 4 unspecified atom stereocenters. The molecule has 2 heterocycles. The number of carbonyl (C=O) groups is 1. The van der Waals surface area contributed by atoms with Crippen LogP contribution < -0.4 is 5.73 Å². The second-order valence-electron chi connectivity index (χ2n) is 8.22. The smallest absolute Gasteiger partial charge is 0.226 e. The second kappa shape index (κ2) is 9.23. The first-order chi connectivity index (χ1) is 12.6. The van der Waals surface area contributed by atoms with Crippen LogP contribution in [0, 0.1) is 17.8 Å². The lowest BCUT2D eigenvalue weighted by molar-refractivity contribution is -0.148. The van der Waals surface area contributed by atoms with Crippen molar-refractivity contribution >= 4 is 29.7 Å². The number of aliphatic hydroxyl groups excluding tert-OH is 1. The third kappa shape index (κ3) is 4.51. The first-order valence-electron chi connectivity index (χ1n) is 9.98. The van der Waals surface area contributed by atoms with Crippen molar-refractivity contribution in [2.45, 2.75) is 56.7 Å². The van der Waals surface area contributed by atoms with Gasteiger partial charge >= 0.3 is 0 Å². The van der Waals surface area contributed by atoms with E-state index >= 15 is 0 Å². The molecular weight excluding hydrogens is 384 g/mol. The van der Waals surface area contributed by atoms with Gasteiger partial charge in [-0.25, -0.2) is 0 Å². The van der Waals surface area contributed by atoms with Crippen LogP contribution in [0.25, 0.3) is 0 Å². The molecule has 27 heavy (non-hydrogen) atoms. The minimum Gasteiger partial charge on any atom is -0.387 e. The van der Waals surface area contributed by atoms with E-state index < -0.39 is 6.10 Å². The average molecular weight is 415 g/mol. The van der Waals surface area contributed by atoms with E-state index in [2.05, 4.69) is 0 Å². The SMILES string of the molecule is Cl.NC1C2CCCC1CC(C(=O)N1CCOCC1CC(O)c1cccs1)C2. The van der Waals surface area contributed by atoms with Crippen molar-refractivity contribution in [1.29, 1.82) is 0 Å². The Kier molecular flexibility index (Phi) is 7.20. The van der Waals surface area contributed by atoms with Crippen LogP contribution in [0.3, 0.4) is 0 Å². The van der Waals surface area contributed by atoms with Gasteiger partial charge in [-0.3, -0.25) is 4.79 Å². The summed E-state index contributed by atoms with van der Waals surface area (Å²) in [6, 6.07) is 4.15. The van der Waals surface area contributed by atoms with Gasteiger partial charge < -0.3 is 20.5 Å². The molecule has 1 aliphatic heterocycles. The van der Waals surface area contributed by atoms with Crippen molar-refractivity contribution in [2.24, 2.45) is 23.5 Å². The molecule has 5 nitrogen and oxygen atoms in total. The molecule has 4 atom stereocenters. The van der Waals surface area contributed by atoms with Crippen LogP contribution in [0.1, 0.15) is 49.5 Å². The van der Waals surface area contributed by atoms with E-state index in [1.807, 2.05) is 22.4 Å². The lowest BCUT2D eigenvalue weighted by Gasteiger charge is -2.46. The first-order valence-corrected chi connectivity index (χ1v) is 10.9. The number of carbonyl (C=O) groups excluding carboxylic acids is 1. The van der Waals surface area contributed by atoms with Gasteiger partial charge in [0.05, 0.1) is 25.4 Å². The van der Waals surface area contributed by atoms with Crippen molar-refractivity contribution in [2.75, 3.05) is 19.8 Å². The number of hydrogen-bond acceptors (Lipinski definition) is 5. The Morgan fingerprint density at radius 1 is 1.37 bits per heavy atom. The highest BCUT2D eigenvalue weighted by molar-refractivity contribution is 7.10. The molecule has 3 N–H and O–H groups in total. The fourth-order valence-corrected chi connectivity index (χ4v) is 5.94. The highest BCUT2D eigenvalue weighted by Gasteiger charge is 2.43. The summed E-state index contributed by atoms with van der Waals surface area (Å²) in [4.78, 5) is 16.3. The highest BCUT2D eigenvalue weighted by atomic mass is 35.5. The van der Waals surface area contributed by atoms with Crippen LogP contribution in [0.5, 0.6) is 0 Å². The lowest BCUT2D eigenvalue weighted by atomic mass is 9.65. The molecule has 1 amide bonds. The van der Waals surface area contributed by atoms with Gasteiger partial charge in [0.1, 0.15) is 0 Å². The van der Waals surface area contributed by atoms with Gasteiger partial charge in [-0.05, 0) is 49.0 Å². The summed E-state index contributed by atoms with van der Waals surface area (Å²) < 4.78 is 5.64. The monoisotopic (exact) mass is 414 g/mol. The van der Waals surface area contributed by atoms with Crippen molar-refractivity contribution in [3.05, 3.63) is 22.4 Å². The number of thiophene rings is 1. The highest BCUT2D eigenvalue weighted by Crippen LogP contribution is 2.42. The molecule has 152 valence electrons. The molecule has 1 aromatic rings. The number of halogens is 1. The third-order valence-electron chi connectivity index (χ3n) is 6.64. The number of fused-ring (bicyclic) bond motifs is 2. The number of ether oxygens (including phenoxy) is 1. The molecule has 7 heteroatoms. The van der Waals surface area contributed by atoms with Crippen LogP contribution in [-0.2, 0) is 9.53 Å². The Bertz CT molecular complexity index is 600. The van der Waals surface area contributed by atoms with Crippen LogP contribution in [0.4, 0.5) is 0 Å². The van der Waals surface area contributed by atoms with Crippen molar-refractivity contribution in [3.63, 3.8) is 0 Å². The molecule has 1 aromatic heterocycles. The number of aliphatic hydroxyl groups is 1. The van der Waals surface area contributed by atoms with Gasteiger partial charge in [-0.15, -0.1) is 23.7 Å². The van der Waals surface area contributed by atoms with Crippen molar-refractivity contribution < 1.29 is 14.6 Å². The van der Waals surface area contributed by atoms with E-state index in [-0.39, 0.29) is 36.3 Å². The fraction of sp³-hybridized carbons (Fsp3) is 0.750. The predicted molar refractivity (Wildman–Crippen MR) is 109 cm³/mol. The number of amides is 1. The van der Waals surface area contributed by atoms with Gasteiger partial charge in [0.2, 0.25) is 5.91 Å². The first kappa shape index (κ1) is 21.1. The number of nitrogens with two attached hydrogens (primary N) is 1. The van der Waals surface area contributed by atoms with Crippen molar-refractivity contribution in [1.82, 2.24) is 4.90 Å². The normalized spacial score (nSPS) is 34.6. The topological polar surface area (TPSA) is 75.8 Å². The molecule has 4 rings (SSSR count). The van der Waals surface area contributed by atoms with Gasteiger partial charge in [0, 0.05) is 29.8 Å². The zero-order valence-corrected chi connectivity index (χ0v) is 17.3. The third-order valence-corrected chi connectivity index (χ3v) is 7.61. The predicted octanol–water partition coefficient (Wildman–Crippen LogP) is 2.97. The van der Waals surface area contributed by atoms with Gasteiger partial charge in [-0.2, -0.15) is 0 Å². The molecule has 2 bridgehead atoms. The fourth-order valence-electron chi connectivity index (χ4n) is 5.22. The molecule has 3 aliphatic rings. The summed E-state index contributed by atoms with van der Waals surface area (Å²) >= 11 is 1.56. The maximum atomic E-state index is 13.3. The molecule has 1 saturated heterocycles. The molecule has 3 fully saturated rings. The molecule has 2 aliphatic carbocycles. The van der Waals surface area contributed by atoms with Crippen LogP contribution in [0.2, 0.25) is 0 Å². The van der Waals surface area contributed by atoms with E-state index in [1.165, 1.54) is 19.3 Å². The van der Waals surface area contributed by atoms with E-state index in [1.54, 1.807) is 11.3 Å². The molecule has 2 saturated carbocycles. The van der Waals surface area contributed by atoms with Crippen molar-refractivity contribution in [3.8, 4) is 0 Å². The summed E-state index contributed by atoms with van der Waals surface area (Å²) in [6.07, 6.45) is 5.50. The van der Waals surface area contributed by atoms with Gasteiger partial charge in [0.25, 0.3) is 0 Å². The Morgan fingerprint density at radius 2 is 2.11 bits per heavy atom. The maximum absolute atomic E-state index is 13.3. The summed E-state index contributed by atoms with van der Waals surface area (Å²) in [5.74, 6) is 1.38.